The van der Waals surface area contributed by atoms with Gasteiger partial charge in [0.1, 0.15) is 0 Å². The Kier molecular flexibility index (Phi) is 3.53. The lowest BCUT2D eigenvalue weighted by atomic mass is 10.1. The van der Waals surface area contributed by atoms with Crippen LogP contribution in [0.25, 0.3) is 27.9 Å². The van der Waals surface area contributed by atoms with E-state index in [1.807, 2.05) is 4.68 Å². The normalized spacial score (nSPS) is 13.2. The lowest BCUT2D eigenvalue weighted by Gasteiger charge is -2.19. The van der Waals surface area contributed by atoms with Gasteiger partial charge in [0.2, 0.25) is 5.16 Å². The van der Waals surface area contributed by atoms with E-state index in [0.29, 0.717) is 0 Å². The Balaban J connectivity index is 1.52. The Bertz CT molecular complexity index is 1140. The third-order valence-corrected chi connectivity index (χ3v) is 5.35. The zero-order valence-corrected chi connectivity index (χ0v) is 15.0. The van der Waals surface area contributed by atoms with Gasteiger partial charge < -0.3 is 0 Å². The highest BCUT2D eigenvalue weighted by Gasteiger charge is 2.19. The lowest BCUT2D eigenvalue weighted by molar-refractivity contribution is 0.826. The number of rotatable bonds is 2. The molecule has 5 heteroatoms. The number of hydrogen-bond acceptors (Lipinski definition) is 4. The molecule has 1 aliphatic heterocycles. The first-order chi connectivity index (χ1) is 12.8. The van der Waals surface area contributed by atoms with E-state index in [1.54, 1.807) is 11.8 Å². The van der Waals surface area contributed by atoms with Crippen molar-refractivity contribution in [3.63, 3.8) is 0 Å². The number of nitrogens with zero attached hydrogens (tertiary/aromatic N) is 3. The van der Waals surface area contributed by atoms with E-state index >= 15 is 0 Å². The van der Waals surface area contributed by atoms with Gasteiger partial charge in [0.05, 0.1) is 5.70 Å². The Labute approximate surface area is 155 Å². The van der Waals surface area contributed by atoms with Crippen molar-refractivity contribution >= 4 is 28.2 Å². The quantitative estimate of drug-likeness (QED) is 0.545. The van der Waals surface area contributed by atoms with Crippen molar-refractivity contribution < 1.29 is 0 Å². The first kappa shape index (κ1) is 15.2. The highest BCUT2D eigenvalue weighted by atomic mass is 32.2. The molecule has 0 spiro atoms. The van der Waals surface area contributed by atoms with Crippen molar-refractivity contribution in [3.05, 3.63) is 83.3 Å². The minimum Gasteiger partial charge on any atom is -0.289 e. The molecule has 1 N–H and O–H groups in total. The average molecular weight is 356 g/mol. The fraction of sp³-hybridized carbons (Fsp3) is 0.0476. The van der Waals surface area contributed by atoms with Crippen LogP contribution in [0.15, 0.2) is 77.3 Å². The second kappa shape index (κ2) is 6.04. The molecule has 0 bridgehead atoms. The SMILES string of the molecule is Cc1ccc(-c2nnc3n2NC(c2ccc4ccccc4c2)=CS3)cc1. The fourth-order valence-corrected chi connectivity index (χ4v) is 3.82. The van der Waals surface area contributed by atoms with Crippen LogP contribution in [-0.4, -0.2) is 14.9 Å². The molecule has 5 rings (SSSR count). The van der Waals surface area contributed by atoms with E-state index < -0.39 is 0 Å². The maximum Gasteiger partial charge on any atom is 0.214 e. The number of benzene rings is 3. The van der Waals surface area contributed by atoms with Gasteiger partial charge in [-0.3, -0.25) is 5.43 Å². The standard InChI is InChI=1S/C21H16N4S/c1-14-6-8-16(9-7-14)20-22-23-21-25(20)24-19(13-26-21)18-11-10-15-4-2-3-5-17(15)12-18/h2-13,24H,1H3. The first-order valence-corrected chi connectivity index (χ1v) is 9.31. The number of aromatic nitrogens is 3. The summed E-state index contributed by atoms with van der Waals surface area (Å²) < 4.78 is 1.96. The summed E-state index contributed by atoms with van der Waals surface area (Å²) in [5.74, 6) is 0.818. The summed E-state index contributed by atoms with van der Waals surface area (Å²) in [4.78, 5) is 0. The molecule has 0 aliphatic carbocycles. The molecule has 126 valence electrons. The van der Waals surface area contributed by atoms with Gasteiger partial charge in [-0.2, -0.15) is 0 Å². The molecule has 0 amide bonds. The molecule has 26 heavy (non-hydrogen) atoms. The summed E-state index contributed by atoms with van der Waals surface area (Å²) in [5, 5.41) is 14.1. The maximum absolute atomic E-state index is 4.37. The third-order valence-electron chi connectivity index (χ3n) is 4.52. The van der Waals surface area contributed by atoms with E-state index in [2.05, 4.69) is 94.7 Å². The Morgan fingerprint density at radius 3 is 2.46 bits per heavy atom. The first-order valence-electron chi connectivity index (χ1n) is 8.43. The highest BCUT2D eigenvalue weighted by molar-refractivity contribution is 8.02. The lowest BCUT2D eigenvalue weighted by Crippen LogP contribution is -2.18. The van der Waals surface area contributed by atoms with Gasteiger partial charge in [0, 0.05) is 16.5 Å². The predicted molar refractivity (Wildman–Crippen MR) is 107 cm³/mol. The van der Waals surface area contributed by atoms with Crippen molar-refractivity contribution in [3.8, 4) is 11.4 Å². The molecule has 3 aromatic carbocycles. The summed E-state index contributed by atoms with van der Waals surface area (Å²) >= 11 is 1.58. The Morgan fingerprint density at radius 1 is 0.846 bits per heavy atom. The molecule has 0 unspecified atom stereocenters. The van der Waals surface area contributed by atoms with Crippen LogP contribution in [0.2, 0.25) is 0 Å². The van der Waals surface area contributed by atoms with Crippen LogP contribution in [-0.2, 0) is 0 Å². The molecule has 0 saturated carbocycles. The van der Waals surface area contributed by atoms with Crippen LogP contribution < -0.4 is 5.43 Å². The summed E-state index contributed by atoms with van der Waals surface area (Å²) in [6, 6.07) is 23.2. The molecule has 0 radical (unpaired) electrons. The summed E-state index contributed by atoms with van der Waals surface area (Å²) in [7, 11) is 0. The number of nitrogens with one attached hydrogen (secondary N) is 1. The van der Waals surface area contributed by atoms with Crippen molar-refractivity contribution in [1.82, 2.24) is 14.9 Å². The summed E-state index contributed by atoms with van der Waals surface area (Å²) in [6.45, 7) is 2.08. The third kappa shape index (κ3) is 2.57. The van der Waals surface area contributed by atoms with Crippen LogP contribution in [0.4, 0.5) is 0 Å². The largest absolute Gasteiger partial charge is 0.289 e. The zero-order valence-electron chi connectivity index (χ0n) is 14.2. The van der Waals surface area contributed by atoms with Crippen molar-refractivity contribution in [2.75, 3.05) is 5.43 Å². The van der Waals surface area contributed by atoms with E-state index in [1.165, 1.54) is 16.3 Å². The number of hydrogen-bond donors (Lipinski definition) is 1. The second-order valence-electron chi connectivity index (χ2n) is 6.33. The van der Waals surface area contributed by atoms with Crippen LogP contribution in [0.3, 0.4) is 0 Å². The van der Waals surface area contributed by atoms with Gasteiger partial charge in [-0.1, -0.05) is 78.0 Å². The molecular weight excluding hydrogens is 340 g/mol. The molecule has 1 aromatic heterocycles. The van der Waals surface area contributed by atoms with E-state index in [-0.39, 0.29) is 0 Å². The Morgan fingerprint density at radius 2 is 1.62 bits per heavy atom. The average Bonchev–Trinajstić information content (AvgIpc) is 3.11. The molecule has 2 heterocycles. The molecular formula is C21H16N4S. The van der Waals surface area contributed by atoms with Crippen molar-refractivity contribution in [2.24, 2.45) is 0 Å². The van der Waals surface area contributed by atoms with Crippen LogP contribution in [0.5, 0.6) is 0 Å². The minimum absolute atomic E-state index is 0.818. The van der Waals surface area contributed by atoms with Gasteiger partial charge in [0.25, 0.3) is 0 Å². The van der Waals surface area contributed by atoms with Gasteiger partial charge in [-0.05, 0) is 23.8 Å². The maximum atomic E-state index is 4.37. The van der Waals surface area contributed by atoms with Crippen LogP contribution in [0.1, 0.15) is 11.1 Å². The second-order valence-corrected chi connectivity index (χ2v) is 7.17. The highest BCUT2D eigenvalue weighted by Crippen LogP contribution is 2.32. The van der Waals surface area contributed by atoms with Gasteiger partial charge >= 0.3 is 0 Å². The number of fused-ring (bicyclic) bond motifs is 2. The molecule has 0 atom stereocenters. The predicted octanol–water partition coefficient (Wildman–Crippen LogP) is 5.05. The Hall–Kier alpha value is -3.05. The smallest absolute Gasteiger partial charge is 0.214 e. The fourth-order valence-electron chi connectivity index (χ4n) is 3.08. The molecule has 0 fully saturated rings. The monoisotopic (exact) mass is 356 g/mol. The minimum atomic E-state index is 0.818. The molecule has 1 aliphatic rings. The topological polar surface area (TPSA) is 42.7 Å². The van der Waals surface area contributed by atoms with Gasteiger partial charge in [-0.15, -0.1) is 10.2 Å². The van der Waals surface area contributed by atoms with E-state index in [0.717, 1.165) is 27.8 Å². The van der Waals surface area contributed by atoms with Crippen molar-refractivity contribution in [1.29, 1.82) is 0 Å². The molecule has 4 aromatic rings. The summed E-state index contributed by atoms with van der Waals surface area (Å²) in [5.41, 5.74) is 7.93. The zero-order chi connectivity index (χ0) is 17.5. The van der Waals surface area contributed by atoms with Gasteiger partial charge in [-0.25, -0.2) is 4.68 Å². The van der Waals surface area contributed by atoms with Crippen LogP contribution >= 0.6 is 11.8 Å². The van der Waals surface area contributed by atoms with E-state index in [9.17, 15) is 0 Å². The summed E-state index contributed by atoms with van der Waals surface area (Å²) in [6.07, 6.45) is 0. The van der Waals surface area contributed by atoms with Crippen LogP contribution in [0, 0.1) is 6.92 Å². The number of thioether (sulfide) groups is 1. The van der Waals surface area contributed by atoms with E-state index in [4.69, 9.17) is 0 Å². The van der Waals surface area contributed by atoms with Gasteiger partial charge in [0.15, 0.2) is 5.82 Å². The molecule has 0 saturated heterocycles. The van der Waals surface area contributed by atoms with Crippen molar-refractivity contribution in [2.45, 2.75) is 12.1 Å². The number of aryl methyl sites for hydroxylation is 1. The molecule has 4 nitrogen and oxygen atoms in total.